The zero-order valence-corrected chi connectivity index (χ0v) is 20.6. The van der Waals surface area contributed by atoms with Gasteiger partial charge >= 0.3 is 11.9 Å². The topological polar surface area (TPSA) is 111 Å². The highest BCUT2D eigenvalue weighted by Crippen LogP contribution is 2.62. The number of hydrogen-bond donors (Lipinski definition) is 2. The first kappa shape index (κ1) is 23.3. The third-order valence-corrected chi connectivity index (χ3v) is 9.13. The van der Waals surface area contributed by atoms with Crippen LogP contribution in [-0.2, 0) is 36.7 Å². The van der Waals surface area contributed by atoms with Gasteiger partial charge in [-0.15, -0.1) is 11.3 Å². The maximum absolute atomic E-state index is 13.3. The molecule has 8 nitrogen and oxygen atoms in total. The van der Waals surface area contributed by atoms with E-state index in [1.54, 1.807) is 6.92 Å². The number of thiophene rings is 1. The predicted molar refractivity (Wildman–Crippen MR) is 126 cm³/mol. The molecule has 4 fully saturated rings. The maximum atomic E-state index is 13.3. The van der Waals surface area contributed by atoms with E-state index in [0.29, 0.717) is 28.8 Å². The molecule has 184 valence electrons. The first-order valence-corrected chi connectivity index (χ1v) is 13.1. The second-order valence-corrected chi connectivity index (χ2v) is 11.7. The summed E-state index contributed by atoms with van der Waals surface area (Å²) in [5.74, 6) is -0.493. The van der Waals surface area contributed by atoms with Gasteiger partial charge < -0.3 is 20.1 Å². The summed E-state index contributed by atoms with van der Waals surface area (Å²) >= 11 is 1.40. The van der Waals surface area contributed by atoms with Crippen molar-refractivity contribution in [1.29, 1.82) is 0 Å². The lowest BCUT2D eigenvalue weighted by atomic mass is 9.47. The highest BCUT2D eigenvalue weighted by atomic mass is 32.1. The van der Waals surface area contributed by atoms with Crippen molar-refractivity contribution in [3.8, 4) is 0 Å². The lowest BCUT2D eigenvalue weighted by Gasteiger charge is -2.60. The van der Waals surface area contributed by atoms with Crippen LogP contribution in [0.4, 0.5) is 5.00 Å². The fourth-order valence-electron chi connectivity index (χ4n) is 7.38. The van der Waals surface area contributed by atoms with E-state index >= 15 is 0 Å². The first-order chi connectivity index (χ1) is 16.2. The van der Waals surface area contributed by atoms with Crippen molar-refractivity contribution in [3.05, 3.63) is 16.0 Å². The van der Waals surface area contributed by atoms with Crippen LogP contribution in [0.15, 0.2) is 0 Å². The van der Waals surface area contributed by atoms with Crippen LogP contribution in [0.3, 0.4) is 0 Å². The van der Waals surface area contributed by atoms with Gasteiger partial charge in [-0.25, -0.2) is 4.79 Å². The number of amides is 2. The molecule has 5 aliphatic rings. The average molecular weight is 489 g/mol. The number of fused-ring (bicyclic) bond motifs is 1. The van der Waals surface area contributed by atoms with E-state index in [1.807, 2.05) is 0 Å². The summed E-state index contributed by atoms with van der Waals surface area (Å²) in [5.41, 5.74) is 0.445. The Morgan fingerprint density at radius 2 is 1.79 bits per heavy atom. The Kier molecular flexibility index (Phi) is 5.94. The molecule has 0 saturated heterocycles. The minimum atomic E-state index is -0.632. The van der Waals surface area contributed by atoms with Crippen LogP contribution in [0.2, 0.25) is 0 Å². The van der Waals surface area contributed by atoms with Crippen molar-refractivity contribution in [1.82, 2.24) is 5.32 Å². The molecule has 4 saturated carbocycles. The molecule has 0 spiro atoms. The third kappa shape index (κ3) is 4.12. The Morgan fingerprint density at radius 3 is 2.47 bits per heavy atom. The van der Waals surface area contributed by atoms with Gasteiger partial charge in [0.2, 0.25) is 5.91 Å². The number of carbonyl (C=O) groups is 4. The van der Waals surface area contributed by atoms with Gasteiger partial charge in [-0.05, 0) is 82.1 Å². The van der Waals surface area contributed by atoms with Gasteiger partial charge in [0.1, 0.15) is 5.00 Å². The smallest absolute Gasteiger partial charge is 0.341 e. The van der Waals surface area contributed by atoms with E-state index in [-0.39, 0.29) is 24.0 Å². The van der Waals surface area contributed by atoms with Crippen LogP contribution in [-0.4, -0.2) is 42.5 Å². The van der Waals surface area contributed by atoms with Crippen LogP contribution in [0.1, 0.15) is 79.6 Å². The second kappa shape index (κ2) is 8.66. The molecular formula is C25H32N2O6S. The lowest BCUT2D eigenvalue weighted by molar-refractivity contribution is -0.176. The van der Waals surface area contributed by atoms with Crippen LogP contribution >= 0.6 is 11.3 Å². The van der Waals surface area contributed by atoms with Crippen molar-refractivity contribution in [3.63, 3.8) is 0 Å². The fourth-order valence-corrected chi connectivity index (χ4v) is 8.67. The molecule has 0 aliphatic heterocycles. The number of anilines is 1. The van der Waals surface area contributed by atoms with E-state index in [0.717, 1.165) is 61.8 Å². The molecule has 9 heteroatoms. The molecule has 1 aromatic rings. The maximum Gasteiger partial charge on any atom is 0.341 e. The van der Waals surface area contributed by atoms with E-state index in [4.69, 9.17) is 9.47 Å². The summed E-state index contributed by atoms with van der Waals surface area (Å²) in [5, 5.41) is 6.40. The Labute approximate surface area is 203 Å². The number of aryl methyl sites for hydroxylation is 1. The van der Waals surface area contributed by atoms with E-state index in [9.17, 15) is 19.2 Å². The fraction of sp³-hybridized carbons (Fsp3) is 0.680. The van der Waals surface area contributed by atoms with Crippen molar-refractivity contribution >= 4 is 40.1 Å². The molecule has 34 heavy (non-hydrogen) atoms. The normalized spacial score (nSPS) is 30.5. The predicted octanol–water partition coefficient (Wildman–Crippen LogP) is 3.37. The van der Waals surface area contributed by atoms with Crippen molar-refractivity contribution in [2.45, 2.75) is 77.2 Å². The van der Waals surface area contributed by atoms with Gasteiger partial charge in [-0.1, -0.05) is 0 Å². The summed E-state index contributed by atoms with van der Waals surface area (Å²) in [6.45, 7) is 3.15. The van der Waals surface area contributed by atoms with Gasteiger partial charge in [0.15, 0.2) is 6.61 Å². The molecule has 2 atom stereocenters. The van der Waals surface area contributed by atoms with Crippen molar-refractivity contribution < 1.29 is 28.7 Å². The zero-order chi connectivity index (χ0) is 24.1. The highest BCUT2D eigenvalue weighted by Gasteiger charge is 2.61. The molecule has 2 amide bonds. The molecule has 4 bridgehead atoms. The zero-order valence-electron chi connectivity index (χ0n) is 19.8. The largest absolute Gasteiger partial charge is 0.462 e. The molecule has 0 radical (unpaired) electrons. The molecule has 6 rings (SSSR count). The molecule has 5 aliphatic carbocycles. The Bertz CT molecular complexity index is 1030. The SMILES string of the molecule is CCOC(=O)c1c(NC(=O)COC(=O)C23C[C@@H]4C[C@H](CC(NC(C)=O)(C4)C2)C3)sc2c1CCC2. The second-order valence-electron chi connectivity index (χ2n) is 10.6. The molecule has 0 unspecified atom stereocenters. The number of hydrogen-bond acceptors (Lipinski definition) is 7. The standard InChI is InChI=1S/C25H32N2O6S/c1-3-32-22(30)20-17-5-4-6-18(17)34-21(20)26-19(29)12-33-23(31)24-8-15-7-16(9-24)11-25(10-15,13-24)27-14(2)28/h15-16H,3-13H2,1-2H3,(H,26,29)(H,27,28)/t15-,16-,24?,25?/m0/s1. The Morgan fingerprint density at radius 1 is 1.06 bits per heavy atom. The van der Waals surface area contributed by atoms with Crippen LogP contribution < -0.4 is 10.6 Å². The van der Waals surface area contributed by atoms with Crippen LogP contribution in [0, 0.1) is 17.3 Å². The molecule has 2 N–H and O–H groups in total. The number of esters is 2. The van der Waals surface area contributed by atoms with Gasteiger partial charge in [0.25, 0.3) is 5.91 Å². The molecule has 1 aromatic heterocycles. The van der Waals surface area contributed by atoms with E-state index in [1.165, 1.54) is 18.3 Å². The Balaban J connectivity index is 1.25. The third-order valence-electron chi connectivity index (χ3n) is 7.92. The summed E-state index contributed by atoms with van der Waals surface area (Å²) < 4.78 is 10.8. The summed E-state index contributed by atoms with van der Waals surface area (Å²) in [6.07, 6.45) is 7.70. The van der Waals surface area contributed by atoms with Gasteiger partial charge in [0.05, 0.1) is 17.6 Å². The minimum Gasteiger partial charge on any atom is -0.462 e. The summed E-state index contributed by atoms with van der Waals surface area (Å²) in [4.78, 5) is 51.5. The summed E-state index contributed by atoms with van der Waals surface area (Å²) in [7, 11) is 0. The van der Waals surface area contributed by atoms with Gasteiger partial charge in [-0.3, -0.25) is 14.4 Å². The van der Waals surface area contributed by atoms with Crippen LogP contribution in [0.25, 0.3) is 0 Å². The first-order valence-electron chi connectivity index (χ1n) is 12.3. The van der Waals surface area contributed by atoms with E-state index in [2.05, 4.69) is 10.6 Å². The minimum absolute atomic E-state index is 0.0647. The highest BCUT2D eigenvalue weighted by molar-refractivity contribution is 7.17. The quantitative estimate of drug-likeness (QED) is 0.570. The lowest BCUT2D eigenvalue weighted by Crippen LogP contribution is -2.64. The monoisotopic (exact) mass is 488 g/mol. The number of ether oxygens (including phenoxy) is 2. The molecule has 0 aromatic carbocycles. The summed E-state index contributed by atoms with van der Waals surface area (Å²) in [6, 6.07) is 0. The van der Waals surface area contributed by atoms with Gasteiger partial charge in [0, 0.05) is 17.3 Å². The average Bonchev–Trinajstić information content (AvgIpc) is 3.30. The van der Waals surface area contributed by atoms with Crippen molar-refractivity contribution in [2.24, 2.45) is 17.3 Å². The van der Waals surface area contributed by atoms with E-state index < -0.39 is 23.9 Å². The van der Waals surface area contributed by atoms with Crippen LogP contribution in [0.5, 0.6) is 0 Å². The Hall–Kier alpha value is -2.42. The molecular weight excluding hydrogens is 456 g/mol. The number of carbonyl (C=O) groups excluding carboxylic acids is 4. The van der Waals surface area contributed by atoms with Gasteiger partial charge in [-0.2, -0.15) is 0 Å². The number of nitrogens with one attached hydrogen (secondary N) is 2. The van der Waals surface area contributed by atoms with Crippen molar-refractivity contribution in [2.75, 3.05) is 18.5 Å². The molecule has 1 heterocycles. The number of rotatable bonds is 7.